The molecule has 0 aromatic rings. The molecule has 5 heteroatoms. The predicted molar refractivity (Wildman–Crippen MR) is 79.0 cm³/mol. The fraction of sp³-hybridized carbons (Fsp3) is 0.846. The number of hydrogen-bond donors (Lipinski definition) is 2. The van der Waals surface area contributed by atoms with Crippen LogP contribution in [0, 0.1) is 5.92 Å². The number of aliphatic imine (C=N–C) groups is 1. The topological polar surface area (TPSA) is 53.5 Å². The van der Waals surface area contributed by atoms with Gasteiger partial charge in [-0.2, -0.15) is 0 Å². The Bertz CT molecular complexity index is 293. The molecule has 0 bridgehead atoms. The van der Waals surface area contributed by atoms with Crippen molar-refractivity contribution in [2.45, 2.75) is 51.8 Å². The highest BCUT2D eigenvalue weighted by Gasteiger charge is 2.19. The maximum absolute atomic E-state index is 11.5. The lowest BCUT2D eigenvalue weighted by molar-refractivity contribution is -0.121. The van der Waals surface area contributed by atoms with Crippen LogP contribution in [0.15, 0.2) is 4.99 Å². The van der Waals surface area contributed by atoms with E-state index in [2.05, 4.69) is 43.3 Å². The number of amidine groups is 1. The van der Waals surface area contributed by atoms with Crippen LogP contribution in [0.5, 0.6) is 0 Å². The summed E-state index contributed by atoms with van der Waals surface area (Å²) in [7, 11) is 0. The molecule has 0 aliphatic carbocycles. The summed E-state index contributed by atoms with van der Waals surface area (Å²) >= 11 is 1.77. The lowest BCUT2D eigenvalue weighted by atomic mass is 10.2. The quantitative estimate of drug-likeness (QED) is 0.804. The number of amides is 1. The third-order valence-electron chi connectivity index (χ3n) is 2.67. The number of carbonyl (C=O) groups excluding carboxylic acids is 1. The summed E-state index contributed by atoms with van der Waals surface area (Å²) in [5, 5.41) is 7.84. The van der Waals surface area contributed by atoms with Crippen LogP contribution in [0.2, 0.25) is 0 Å². The van der Waals surface area contributed by atoms with Gasteiger partial charge in [-0.3, -0.25) is 9.79 Å². The molecule has 2 unspecified atom stereocenters. The molecule has 1 aliphatic rings. The summed E-state index contributed by atoms with van der Waals surface area (Å²) < 4.78 is 0. The first-order valence-corrected chi connectivity index (χ1v) is 7.59. The summed E-state index contributed by atoms with van der Waals surface area (Å²) in [5.41, 5.74) is 0. The highest BCUT2D eigenvalue weighted by molar-refractivity contribution is 8.14. The lowest BCUT2D eigenvalue weighted by Gasteiger charge is -2.26. The molecule has 1 aliphatic heterocycles. The molecule has 18 heavy (non-hydrogen) atoms. The van der Waals surface area contributed by atoms with Gasteiger partial charge in [-0.15, -0.1) is 0 Å². The van der Waals surface area contributed by atoms with Crippen LogP contribution in [-0.4, -0.2) is 35.5 Å². The Balaban J connectivity index is 2.25. The van der Waals surface area contributed by atoms with Crippen molar-refractivity contribution >= 4 is 22.8 Å². The molecule has 0 aromatic heterocycles. The van der Waals surface area contributed by atoms with Gasteiger partial charge in [0.2, 0.25) is 5.91 Å². The van der Waals surface area contributed by atoms with Gasteiger partial charge in [-0.05, 0) is 19.3 Å². The average molecular weight is 271 g/mol. The molecular weight excluding hydrogens is 246 g/mol. The zero-order chi connectivity index (χ0) is 13.5. The van der Waals surface area contributed by atoms with Crippen molar-refractivity contribution in [1.29, 1.82) is 0 Å². The van der Waals surface area contributed by atoms with Crippen LogP contribution < -0.4 is 10.6 Å². The van der Waals surface area contributed by atoms with Crippen LogP contribution in [0.1, 0.15) is 40.5 Å². The highest BCUT2D eigenvalue weighted by Crippen LogP contribution is 2.22. The molecule has 0 radical (unpaired) electrons. The molecule has 1 fully saturated rings. The van der Waals surface area contributed by atoms with Gasteiger partial charge in [0, 0.05) is 24.3 Å². The van der Waals surface area contributed by atoms with Crippen molar-refractivity contribution < 1.29 is 4.79 Å². The van der Waals surface area contributed by atoms with Crippen molar-refractivity contribution in [3.63, 3.8) is 0 Å². The van der Waals surface area contributed by atoms with Gasteiger partial charge in [0.1, 0.15) is 0 Å². The molecule has 104 valence electrons. The minimum atomic E-state index is 0.0926. The van der Waals surface area contributed by atoms with E-state index >= 15 is 0 Å². The molecule has 2 atom stereocenters. The van der Waals surface area contributed by atoms with Crippen molar-refractivity contribution in [3.05, 3.63) is 0 Å². The third-order valence-corrected chi connectivity index (χ3v) is 3.73. The first-order chi connectivity index (χ1) is 8.47. The van der Waals surface area contributed by atoms with E-state index < -0.39 is 0 Å². The minimum absolute atomic E-state index is 0.0926. The Morgan fingerprint density at radius 1 is 1.56 bits per heavy atom. The molecule has 1 rings (SSSR count). The van der Waals surface area contributed by atoms with Crippen molar-refractivity contribution in [1.82, 2.24) is 10.6 Å². The van der Waals surface area contributed by atoms with E-state index in [1.807, 2.05) is 0 Å². The summed E-state index contributed by atoms with van der Waals surface area (Å²) in [6, 6.07) is 0.481. The zero-order valence-electron chi connectivity index (χ0n) is 11.8. The van der Waals surface area contributed by atoms with Crippen LogP contribution >= 0.6 is 11.8 Å². The van der Waals surface area contributed by atoms with E-state index in [0.717, 1.165) is 11.7 Å². The molecule has 2 N–H and O–H groups in total. The lowest BCUT2D eigenvalue weighted by Crippen LogP contribution is -2.38. The summed E-state index contributed by atoms with van der Waals surface area (Å²) in [6.45, 7) is 9.88. The Morgan fingerprint density at radius 2 is 2.28 bits per heavy atom. The third kappa shape index (κ3) is 6.28. The summed E-state index contributed by atoms with van der Waals surface area (Å²) in [5.74, 6) is 0.590. The largest absolute Gasteiger partial charge is 0.362 e. The second-order valence-corrected chi connectivity index (χ2v) is 6.77. The molecule has 0 spiro atoms. The Hall–Kier alpha value is -0.710. The predicted octanol–water partition coefficient (Wildman–Crippen LogP) is 2.01. The number of thioether (sulfide) groups is 1. The smallest absolute Gasteiger partial charge is 0.221 e. The number of rotatable bonds is 5. The standard InChI is InChI=1S/C13H25N3OS/c1-9(2)8-15-12(17)5-6-14-13-16-10(3)7-11(4)18-13/h9-11H,5-8H2,1-4H3,(H,14,16)(H,15,17). The van der Waals surface area contributed by atoms with E-state index in [0.29, 0.717) is 30.2 Å². The molecule has 0 aromatic carbocycles. The maximum atomic E-state index is 11.5. The SMILES string of the molecule is CC(C)CNC(=O)CCN=C1NC(C)CC(C)S1. The number of carbonyl (C=O) groups is 1. The van der Waals surface area contributed by atoms with E-state index in [1.165, 1.54) is 6.42 Å². The summed E-state index contributed by atoms with van der Waals surface area (Å²) in [4.78, 5) is 16.0. The summed E-state index contributed by atoms with van der Waals surface area (Å²) in [6.07, 6.45) is 1.64. The van der Waals surface area contributed by atoms with Gasteiger partial charge in [0.25, 0.3) is 0 Å². The Morgan fingerprint density at radius 3 is 2.89 bits per heavy atom. The Kier molecular flexibility index (Phi) is 6.54. The number of nitrogens with zero attached hydrogens (tertiary/aromatic N) is 1. The second-order valence-electron chi connectivity index (χ2n) is 5.34. The van der Waals surface area contributed by atoms with Crippen LogP contribution in [0.3, 0.4) is 0 Å². The van der Waals surface area contributed by atoms with Gasteiger partial charge in [0.05, 0.1) is 6.54 Å². The van der Waals surface area contributed by atoms with E-state index in [1.54, 1.807) is 11.8 Å². The van der Waals surface area contributed by atoms with Crippen molar-refractivity contribution in [2.24, 2.45) is 10.9 Å². The van der Waals surface area contributed by atoms with Gasteiger partial charge < -0.3 is 10.6 Å². The van der Waals surface area contributed by atoms with E-state index in [9.17, 15) is 4.79 Å². The maximum Gasteiger partial charge on any atom is 0.221 e. The molecule has 0 saturated carbocycles. The van der Waals surface area contributed by atoms with E-state index in [-0.39, 0.29) is 5.91 Å². The number of nitrogens with one attached hydrogen (secondary N) is 2. The number of hydrogen-bond acceptors (Lipinski definition) is 3. The molecule has 1 saturated heterocycles. The Labute approximate surface area is 114 Å². The minimum Gasteiger partial charge on any atom is -0.362 e. The first kappa shape index (κ1) is 15.3. The van der Waals surface area contributed by atoms with Gasteiger partial charge in [-0.1, -0.05) is 32.5 Å². The first-order valence-electron chi connectivity index (χ1n) is 6.71. The van der Waals surface area contributed by atoms with Crippen LogP contribution in [0.25, 0.3) is 0 Å². The second kappa shape index (κ2) is 7.67. The normalized spacial score (nSPS) is 26.2. The highest BCUT2D eigenvalue weighted by atomic mass is 32.2. The fourth-order valence-electron chi connectivity index (χ4n) is 1.79. The van der Waals surface area contributed by atoms with Gasteiger partial charge in [0.15, 0.2) is 5.17 Å². The molecule has 1 heterocycles. The van der Waals surface area contributed by atoms with E-state index in [4.69, 9.17) is 0 Å². The fourth-order valence-corrected chi connectivity index (χ4v) is 2.99. The van der Waals surface area contributed by atoms with Gasteiger partial charge >= 0.3 is 0 Å². The van der Waals surface area contributed by atoms with Crippen molar-refractivity contribution in [2.75, 3.05) is 13.1 Å². The zero-order valence-corrected chi connectivity index (χ0v) is 12.6. The average Bonchev–Trinajstić information content (AvgIpc) is 2.25. The van der Waals surface area contributed by atoms with Crippen LogP contribution in [-0.2, 0) is 4.79 Å². The van der Waals surface area contributed by atoms with Crippen molar-refractivity contribution in [3.8, 4) is 0 Å². The monoisotopic (exact) mass is 271 g/mol. The molecular formula is C13H25N3OS. The molecule has 4 nitrogen and oxygen atoms in total. The van der Waals surface area contributed by atoms with Gasteiger partial charge in [-0.25, -0.2) is 0 Å². The van der Waals surface area contributed by atoms with Crippen LogP contribution in [0.4, 0.5) is 0 Å². The molecule has 1 amide bonds.